The maximum absolute atomic E-state index is 13.5. The van der Waals surface area contributed by atoms with Crippen LogP contribution in [0.25, 0.3) is 0 Å². The van der Waals surface area contributed by atoms with Crippen LogP contribution in [0.15, 0.2) is 54.6 Å². The fourth-order valence-electron chi connectivity index (χ4n) is 5.94. The summed E-state index contributed by atoms with van der Waals surface area (Å²) < 4.78 is 19.5. The molecule has 0 bridgehead atoms. The Kier molecular flexibility index (Phi) is 4.30. The van der Waals surface area contributed by atoms with Gasteiger partial charge in [-0.1, -0.05) is 42.5 Å². The zero-order valence-corrected chi connectivity index (χ0v) is 16.6. The van der Waals surface area contributed by atoms with Gasteiger partial charge in [-0.05, 0) is 49.6 Å². The number of benzene rings is 2. The van der Waals surface area contributed by atoms with Gasteiger partial charge in [0.05, 0.1) is 6.61 Å². The lowest BCUT2D eigenvalue weighted by atomic mass is 9.41. The maximum Gasteiger partial charge on any atom is 0.319 e. The molecule has 5 atom stereocenters. The molecule has 4 unspecified atom stereocenters. The summed E-state index contributed by atoms with van der Waals surface area (Å²) in [5.41, 5.74) is 0.449. The van der Waals surface area contributed by atoms with Crippen LogP contribution in [0.3, 0.4) is 0 Å². The quantitative estimate of drug-likeness (QED) is 0.764. The van der Waals surface area contributed by atoms with E-state index >= 15 is 0 Å². The molecule has 1 heterocycles. The highest BCUT2D eigenvalue weighted by atomic mass is 19.1. The Hall–Kier alpha value is -2.24. The van der Waals surface area contributed by atoms with Crippen molar-refractivity contribution in [1.29, 1.82) is 0 Å². The molecule has 0 radical (unpaired) electrons. The van der Waals surface area contributed by atoms with Gasteiger partial charge in [-0.3, -0.25) is 9.69 Å². The van der Waals surface area contributed by atoms with Gasteiger partial charge < -0.3 is 9.84 Å². The molecule has 5 heteroatoms. The van der Waals surface area contributed by atoms with Crippen LogP contribution >= 0.6 is 0 Å². The Morgan fingerprint density at radius 1 is 1.21 bits per heavy atom. The minimum atomic E-state index is -1.20. The topological polar surface area (TPSA) is 49.8 Å². The first-order valence-corrected chi connectivity index (χ1v) is 10.3. The van der Waals surface area contributed by atoms with E-state index in [0.29, 0.717) is 12.1 Å². The molecule has 2 aromatic rings. The molecule has 0 amide bonds. The predicted molar refractivity (Wildman–Crippen MR) is 107 cm³/mol. The summed E-state index contributed by atoms with van der Waals surface area (Å²) in [5.74, 6) is -0.705. The number of piperidine rings is 2. The van der Waals surface area contributed by atoms with E-state index < -0.39 is 5.41 Å². The summed E-state index contributed by atoms with van der Waals surface area (Å²) >= 11 is 0. The molecule has 1 aliphatic heterocycles. The van der Waals surface area contributed by atoms with Crippen molar-refractivity contribution in [2.75, 3.05) is 13.7 Å². The highest BCUT2D eigenvalue weighted by Gasteiger charge is 2.75. The second kappa shape index (κ2) is 6.64. The summed E-state index contributed by atoms with van der Waals surface area (Å²) in [6.07, 6.45) is 3.34. The van der Waals surface area contributed by atoms with Gasteiger partial charge in [0.15, 0.2) is 0 Å². The Morgan fingerprint density at radius 3 is 2.52 bits per heavy atom. The number of carbonyl (C=O) groups is 1. The molecule has 29 heavy (non-hydrogen) atoms. The summed E-state index contributed by atoms with van der Waals surface area (Å²) in [4.78, 5) is 15.9. The van der Waals surface area contributed by atoms with E-state index in [4.69, 9.17) is 4.74 Å². The molecule has 4 nitrogen and oxygen atoms in total. The third-order valence-corrected chi connectivity index (χ3v) is 7.77. The van der Waals surface area contributed by atoms with Crippen molar-refractivity contribution in [3.05, 3.63) is 71.5 Å². The van der Waals surface area contributed by atoms with Crippen LogP contribution in [0.5, 0.6) is 0 Å². The molecule has 5 rings (SSSR count). The van der Waals surface area contributed by atoms with E-state index in [-0.39, 0.29) is 36.3 Å². The summed E-state index contributed by atoms with van der Waals surface area (Å²) in [6.45, 7) is -0.361. The van der Waals surface area contributed by atoms with Crippen LogP contribution in [0.4, 0.5) is 4.39 Å². The van der Waals surface area contributed by atoms with E-state index in [1.54, 1.807) is 12.1 Å². The zero-order chi connectivity index (χ0) is 20.2. The van der Waals surface area contributed by atoms with Gasteiger partial charge >= 0.3 is 5.97 Å². The number of esters is 1. The maximum atomic E-state index is 13.5. The lowest BCUT2D eigenvalue weighted by molar-refractivity contribution is -0.316. The predicted octanol–water partition coefficient (Wildman–Crippen LogP) is 3.08. The Balaban J connectivity index is 1.43. The molecule has 1 spiro atoms. The van der Waals surface area contributed by atoms with Crippen molar-refractivity contribution in [3.63, 3.8) is 0 Å². The number of nitrogens with zero attached hydrogens (tertiary/aromatic N) is 1. The number of aliphatic hydroxyl groups is 1. The Bertz CT molecular complexity index is 909. The average Bonchev–Trinajstić information content (AvgIpc) is 2.70. The number of carbonyl (C=O) groups excluding carboxylic acids is 1. The molecule has 2 aromatic carbocycles. The van der Waals surface area contributed by atoms with Gasteiger partial charge in [0.2, 0.25) is 0 Å². The summed E-state index contributed by atoms with van der Waals surface area (Å²) in [6, 6.07) is 16.4. The third kappa shape index (κ3) is 2.53. The molecule has 152 valence electrons. The monoisotopic (exact) mass is 395 g/mol. The number of rotatable bonds is 6. The highest BCUT2D eigenvalue weighted by Crippen LogP contribution is 2.68. The number of aliphatic hydroxyl groups excluding tert-OH is 1. The first-order valence-electron chi connectivity index (χ1n) is 10.3. The first-order chi connectivity index (χ1) is 14.0. The van der Waals surface area contributed by atoms with Crippen LogP contribution < -0.4 is 0 Å². The number of ether oxygens (including phenoxy) is 1. The second-order valence-corrected chi connectivity index (χ2v) is 8.89. The molecule has 1 N–H and O–H groups in total. The minimum Gasteiger partial charge on any atom is -0.461 e. The minimum absolute atomic E-state index is 0.0715. The molecule has 3 aliphatic rings. The van der Waals surface area contributed by atoms with E-state index in [1.165, 1.54) is 18.6 Å². The van der Waals surface area contributed by atoms with Crippen LogP contribution in [-0.4, -0.2) is 47.8 Å². The molecule has 2 saturated carbocycles. The molecule has 0 aromatic heterocycles. The smallest absolute Gasteiger partial charge is 0.319 e. The number of hydrogen-bond donors (Lipinski definition) is 1. The highest BCUT2D eigenvalue weighted by molar-refractivity contribution is 5.84. The lowest BCUT2D eigenvalue weighted by Gasteiger charge is -2.78. The molecule has 2 aliphatic carbocycles. The van der Waals surface area contributed by atoms with E-state index in [0.717, 1.165) is 24.0 Å². The van der Waals surface area contributed by atoms with Gasteiger partial charge in [0.25, 0.3) is 0 Å². The average molecular weight is 395 g/mol. The van der Waals surface area contributed by atoms with Gasteiger partial charge in [0.1, 0.15) is 17.3 Å². The van der Waals surface area contributed by atoms with Crippen molar-refractivity contribution in [1.82, 2.24) is 4.90 Å². The van der Waals surface area contributed by atoms with Gasteiger partial charge in [-0.25, -0.2) is 4.39 Å². The van der Waals surface area contributed by atoms with Crippen LogP contribution in [0.2, 0.25) is 0 Å². The fraction of sp³-hybridized carbons (Fsp3) is 0.458. The fourth-order valence-corrected chi connectivity index (χ4v) is 5.94. The van der Waals surface area contributed by atoms with Gasteiger partial charge in [-0.2, -0.15) is 0 Å². The third-order valence-electron chi connectivity index (χ3n) is 7.77. The second-order valence-electron chi connectivity index (χ2n) is 8.89. The van der Waals surface area contributed by atoms with Crippen molar-refractivity contribution < 1.29 is 19.0 Å². The van der Waals surface area contributed by atoms with Crippen LogP contribution in [0, 0.1) is 11.2 Å². The number of halogens is 1. The van der Waals surface area contributed by atoms with Crippen molar-refractivity contribution in [3.8, 4) is 0 Å². The summed E-state index contributed by atoms with van der Waals surface area (Å²) in [5, 5.41) is 10.4. The van der Waals surface area contributed by atoms with Gasteiger partial charge in [-0.15, -0.1) is 0 Å². The molecule has 3 fully saturated rings. The van der Waals surface area contributed by atoms with Crippen molar-refractivity contribution in [2.24, 2.45) is 5.41 Å². The van der Waals surface area contributed by atoms with Crippen LogP contribution in [0.1, 0.15) is 30.4 Å². The SMILES string of the molecule is CN1C2CCC23C(OC(=O)[C@](CO)(Cc2ccc(F)cc2)c2ccccc2)CC13. The number of likely N-dealkylation sites (tertiary alicyclic amines) is 1. The van der Waals surface area contributed by atoms with Gasteiger partial charge in [0, 0.05) is 23.9 Å². The van der Waals surface area contributed by atoms with E-state index in [2.05, 4.69) is 11.9 Å². The van der Waals surface area contributed by atoms with Crippen LogP contribution in [-0.2, 0) is 21.4 Å². The Labute approximate surface area is 170 Å². The van der Waals surface area contributed by atoms with Crippen molar-refractivity contribution in [2.45, 2.75) is 49.3 Å². The standard InChI is InChI=1S/C24H26FNO3/c1-26-19-11-12-24(19)20(26)13-21(24)29-22(28)23(15-27,17-5-3-2-4-6-17)14-16-7-9-18(25)10-8-16/h2-10,19-21,27H,11-15H2,1H3/t19?,20?,21?,23-,24?/m0/s1. The largest absolute Gasteiger partial charge is 0.461 e. The lowest BCUT2D eigenvalue weighted by Crippen LogP contribution is -2.86. The van der Waals surface area contributed by atoms with E-state index in [1.807, 2.05) is 30.3 Å². The Morgan fingerprint density at radius 2 is 1.93 bits per heavy atom. The zero-order valence-electron chi connectivity index (χ0n) is 16.6. The number of hydrogen-bond acceptors (Lipinski definition) is 4. The molecular weight excluding hydrogens is 369 g/mol. The first kappa shape index (κ1) is 18.8. The summed E-state index contributed by atoms with van der Waals surface area (Å²) in [7, 11) is 2.15. The molecule has 1 saturated heterocycles. The normalized spacial score (nSPS) is 31.9. The molecular formula is C24H26FNO3. The van der Waals surface area contributed by atoms with E-state index in [9.17, 15) is 14.3 Å². The van der Waals surface area contributed by atoms with Crippen molar-refractivity contribution >= 4 is 5.97 Å².